The van der Waals surface area contributed by atoms with E-state index in [-0.39, 0.29) is 5.91 Å². The standard InChI is InChI=1S/C16H18BrN3OS/c17-12-4-1-3-11(7-12)16-20-14(10-22-16)8-15(21)19-9-13-5-2-6-18-13/h1,3-4,7,10,13,18H,2,5-6,8-9H2,(H,19,21). The van der Waals surface area contributed by atoms with Gasteiger partial charge in [-0.15, -0.1) is 11.3 Å². The zero-order valence-corrected chi connectivity index (χ0v) is 14.5. The van der Waals surface area contributed by atoms with Crippen molar-refractivity contribution in [1.82, 2.24) is 15.6 Å². The molecule has 1 unspecified atom stereocenters. The van der Waals surface area contributed by atoms with Gasteiger partial charge in [0.05, 0.1) is 12.1 Å². The second kappa shape index (κ2) is 7.35. The number of hydrogen-bond acceptors (Lipinski definition) is 4. The SMILES string of the molecule is O=C(Cc1csc(-c2cccc(Br)c2)n1)NCC1CCCN1. The summed E-state index contributed by atoms with van der Waals surface area (Å²) in [5.41, 5.74) is 1.90. The maximum absolute atomic E-state index is 12.0. The minimum atomic E-state index is 0.0415. The monoisotopic (exact) mass is 379 g/mol. The van der Waals surface area contributed by atoms with Crippen molar-refractivity contribution < 1.29 is 4.79 Å². The van der Waals surface area contributed by atoms with Gasteiger partial charge in [0, 0.05) is 28.0 Å². The molecule has 1 aliphatic rings. The quantitative estimate of drug-likeness (QED) is 0.839. The highest BCUT2D eigenvalue weighted by molar-refractivity contribution is 9.10. The van der Waals surface area contributed by atoms with Crippen molar-refractivity contribution >= 4 is 33.2 Å². The molecule has 1 aliphatic heterocycles. The van der Waals surface area contributed by atoms with Crippen molar-refractivity contribution in [3.63, 3.8) is 0 Å². The molecule has 1 aromatic carbocycles. The third-order valence-electron chi connectivity index (χ3n) is 3.67. The van der Waals surface area contributed by atoms with Crippen LogP contribution in [0.15, 0.2) is 34.1 Å². The lowest BCUT2D eigenvalue weighted by atomic mass is 10.2. The predicted octanol–water partition coefficient (Wildman–Crippen LogP) is 2.98. The zero-order valence-electron chi connectivity index (χ0n) is 12.1. The van der Waals surface area contributed by atoms with Crippen molar-refractivity contribution in [1.29, 1.82) is 0 Å². The van der Waals surface area contributed by atoms with Gasteiger partial charge in [0.1, 0.15) is 5.01 Å². The number of benzene rings is 1. The zero-order chi connectivity index (χ0) is 15.4. The van der Waals surface area contributed by atoms with Crippen molar-refractivity contribution in [2.24, 2.45) is 0 Å². The average Bonchev–Trinajstić information content (AvgIpc) is 3.16. The van der Waals surface area contributed by atoms with Gasteiger partial charge in [0.15, 0.2) is 0 Å². The molecule has 1 amide bonds. The van der Waals surface area contributed by atoms with Crippen LogP contribution in [0.2, 0.25) is 0 Å². The summed E-state index contributed by atoms with van der Waals surface area (Å²) in [6.45, 7) is 1.77. The summed E-state index contributed by atoms with van der Waals surface area (Å²) in [6, 6.07) is 8.47. The second-order valence-corrected chi connectivity index (χ2v) is 7.20. The van der Waals surface area contributed by atoms with Crippen LogP contribution in [0.25, 0.3) is 10.6 Å². The lowest BCUT2D eigenvalue weighted by Gasteiger charge is -2.10. The highest BCUT2D eigenvalue weighted by atomic mass is 79.9. The Morgan fingerprint density at radius 3 is 3.18 bits per heavy atom. The summed E-state index contributed by atoms with van der Waals surface area (Å²) >= 11 is 5.04. The summed E-state index contributed by atoms with van der Waals surface area (Å²) < 4.78 is 1.03. The largest absolute Gasteiger partial charge is 0.354 e. The molecule has 3 rings (SSSR count). The molecule has 2 N–H and O–H groups in total. The van der Waals surface area contributed by atoms with Crippen molar-refractivity contribution in [2.75, 3.05) is 13.1 Å². The van der Waals surface area contributed by atoms with E-state index >= 15 is 0 Å². The number of nitrogens with zero attached hydrogens (tertiary/aromatic N) is 1. The fraction of sp³-hybridized carbons (Fsp3) is 0.375. The van der Waals surface area contributed by atoms with E-state index in [2.05, 4.69) is 31.5 Å². The van der Waals surface area contributed by atoms with Crippen LogP contribution in [0, 0.1) is 0 Å². The van der Waals surface area contributed by atoms with Crippen molar-refractivity contribution in [3.05, 3.63) is 39.8 Å². The number of carbonyl (C=O) groups excluding carboxylic acids is 1. The Morgan fingerprint density at radius 2 is 2.41 bits per heavy atom. The summed E-state index contributed by atoms with van der Waals surface area (Å²) in [5.74, 6) is 0.0415. The number of halogens is 1. The molecule has 0 spiro atoms. The Kier molecular flexibility index (Phi) is 5.23. The van der Waals surface area contributed by atoms with Crippen LogP contribution in [0.5, 0.6) is 0 Å². The lowest BCUT2D eigenvalue weighted by Crippen LogP contribution is -2.37. The first kappa shape index (κ1) is 15.6. The molecule has 0 aliphatic carbocycles. The highest BCUT2D eigenvalue weighted by Gasteiger charge is 2.15. The van der Waals surface area contributed by atoms with Gasteiger partial charge >= 0.3 is 0 Å². The van der Waals surface area contributed by atoms with E-state index < -0.39 is 0 Å². The van der Waals surface area contributed by atoms with Gasteiger partial charge in [0.2, 0.25) is 5.91 Å². The molecule has 6 heteroatoms. The predicted molar refractivity (Wildman–Crippen MR) is 93.0 cm³/mol. The van der Waals surface area contributed by atoms with Crippen LogP contribution in [0.3, 0.4) is 0 Å². The van der Waals surface area contributed by atoms with Gasteiger partial charge in [-0.05, 0) is 31.5 Å². The lowest BCUT2D eigenvalue weighted by molar-refractivity contribution is -0.120. The maximum Gasteiger partial charge on any atom is 0.226 e. The van der Waals surface area contributed by atoms with Crippen LogP contribution < -0.4 is 10.6 Å². The summed E-state index contributed by atoms with van der Waals surface area (Å²) in [4.78, 5) is 16.5. The molecule has 0 saturated carbocycles. The number of nitrogens with one attached hydrogen (secondary N) is 2. The van der Waals surface area contributed by atoms with Gasteiger partial charge in [-0.3, -0.25) is 4.79 Å². The molecular weight excluding hydrogens is 362 g/mol. The third kappa shape index (κ3) is 4.15. The first-order valence-corrected chi connectivity index (χ1v) is 9.08. The molecule has 0 bridgehead atoms. The molecule has 22 heavy (non-hydrogen) atoms. The van der Waals surface area contributed by atoms with Crippen molar-refractivity contribution in [2.45, 2.75) is 25.3 Å². The van der Waals surface area contributed by atoms with Crippen LogP contribution in [-0.4, -0.2) is 30.0 Å². The number of amides is 1. The summed E-state index contributed by atoms with van der Waals surface area (Å²) in [6.07, 6.45) is 2.68. The Bertz CT molecular complexity index is 652. The number of rotatable bonds is 5. The van der Waals surface area contributed by atoms with E-state index in [0.717, 1.165) is 33.7 Å². The average molecular weight is 380 g/mol. The molecule has 1 aromatic heterocycles. The van der Waals surface area contributed by atoms with Crippen LogP contribution in [0.4, 0.5) is 0 Å². The Hall–Kier alpha value is -1.24. The first-order valence-electron chi connectivity index (χ1n) is 7.41. The molecule has 1 saturated heterocycles. The van der Waals surface area contributed by atoms with E-state index in [0.29, 0.717) is 19.0 Å². The van der Waals surface area contributed by atoms with Gasteiger partial charge in [0.25, 0.3) is 0 Å². The Morgan fingerprint density at radius 1 is 1.50 bits per heavy atom. The Labute approximate surface area is 142 Å². The highest BCUT2D eigenvalue weighted by Crippen LogP contribution is 2.26. The molecule has 1 fully saturated rings. The van der Waals surface area contributed by atoms with Crippen LogP contribution >= 0.6 is 27.3 Å². The number of hydrogen-bond donors (Lipinski definition) is 2. The molecule has 2 aromatic rings. The molecule has 2 heterocycles. The van der Waals surface area contributed by atoms with Crippen LogP contribution in [0.1, 0.15) is 18.5 Å². The Balaban J connectivity index is 1.55. The van der Waals surface area contributed by atoms with E-state index in [9.17, 15) is 4.79 Å². The molecule has 1 atom stereocenters. The third-order valence-corrected chi connectivity index (χ3v) is 5.11. The van der Waals surface area contributed by atoms with E-state index in [1.165, 1.54) is 6.42 Å². The normalized spacial score (nSPS) is 17.6. The van der Waals surface area contributed by atoms with Crippen LogP contribution in [-0.2, 0) is 11.2 Å². The van der Waals surface area contributed by atoms with Crippen molar-refractivity contribution in [3.8, 4) is 10.6 Å². The number of carbonyl (C=O) groups is 1. The number of thiazole rings is 1. The second-order valence-electron chi connectivity index (χ2n) is 5.43. The topological polar surface area (TPSA) is 54.0 Å². The fourth-order valence-electron chi connectivity index (χ4n) is 2.54. The molecule has 0 radical (unpaired) electrons. The van der Waals surface area contributed by atoms with E-state index in [4.69, 9.17) is 0 Å². The fourth-order valence-corrected chi connectivity index (χ4v) is 3.75. The van der Waals surface area contributed by atoms with Gasteiger partial charge in [-0.1, -0.05) is 28.1 Å². The van der Waals surface area contributed by atoms with E-state index in [1.807, 2.05) is 29.6 Å². The minimum absolute atomic E-state index is 0.0415. The number of aromatic nitrogens is 1. The minimum Gasteiger partial charge on any atom is -0.354 e. The van der Waals surface area contributed by atoms with Gasteiger partial charge in [-0.25, -0.2) is 4.98 Å². The summed E-state index contributed by atoms with van der Waals surface area (Å²) in [7, 11) is 0. The van der Waals surface area contributed by atoms with Gasteiger partial charge < -0.3 is 10.6 Å². The van der Waals surface area contributed by atoms with Gasteiger partial charge in [-0.2, -0.15) is 0 Å². The molecular formula is C16H18BrN3OS. The smallest absolute Gasteiger partial charge is 0.226 e. The molecule has 116 valence electrons. The first-order chi connectivity index (χ1) is 10.7. The van der Waals surface area contributed by atoms with E-state index in [1.54, 1.807) is 11.3 Å². The maximum atomic E-state index is 12.0. The summed E-state index contributed by atoms with van der Waals surface area (Å²) in [5, 5.41) is 9.27. The molecule has 4 nitrogen and oxygen atoms in total.